The molecule has 3 aromatic carbocycles. The van der Waals surface area contributed by atoms with Crippen molar-refractivity contribution < 1.29 is 0 Å². The summed E-state index contributed by atoms with van der Waals surface area (Å²) in [6.07, 6.45) is 2.15. The molecule has 0 radical (unpaired) electrons. The summed E-state index contributed by atoms with van der Waals surface area (Å²) in [6.45, 7) is 2.09. The van der Waals surface area contributed by atoms with Gasteiger partial charge in [0.1, 0.15) is 0 Å². The molecule has 0 fully saturated rings. The lowest BCUT2D eigenvalue weighted by Crippen LogP contribution is -2.16. The van der Waals surface area contributed by atoms with E-state index in [9.17, 15) is 0 Å². The summed E-state index contributed by atoms with van der Waals surface area (Å²) in [4.78, 5) is 1.26. The fourth-order valence-electron chi connectivity index (χ4n) is 3.45. The highest BCUT2D eigenvalue weighted by Gasteiger charge is 2.15. The first kappa shape index (κ1) is 17.7. The summed E-state index contributed by atoms with van der Waals surface area (Å²) < 4.78 is 0. The highest BCUT2D eigenvalue weighted by Crippen LogP contribution is 2.36. The normalized spacial score (nSPS) is 13.9. The number of rotatable bonds is 4. The Bertz CT molecular complexity index is 875. The Morgan fingerprint density at radius 1 is 0.808 bits per heavy atom. The molecule has 0 amide bonds. The van der Waals surface area contributed by atoms with Gasteiger partial charge in [-0.05, 0) is 59.8 Å². The summed E-state index contributed by atoms with van der Waals surface area (Å²) in [5.41, 5.74) is 6.73. The van der Waals surface area contributed by atoms with Gasteiger partial charge in [0, 0.05) is 10.6 Å². The quantitative estimate of drug-likeness (QED) is 0.559. The van der Waals surface area contributed by atoms with E-state index in [0.29, 0.717) is 0 Å². The van der Waals surface area contributed by atoms with Crippen LogP contribution < -0.4 is 5.32 Å². The van der Waals surface area contributed by atoms with E-state index in [2.05, 4.69) is 72.0 Å². The number of halogens is 1. The first-order valence-electron chi connectivity index (χ1n) is 9.09. The van der Waals surface area contributed by atoms with Crippen molar-refractivity contribution in [3.63, 3.8) is 0 Å². The molecule has 132 valence electrons. The van der Waals surface area contributed by atoms with Gasteiger partial charge in [0.25, 0.3) is 0 Å². The van der Waals surface area contributed by atoms with Crippen molar-refractivity contribution in [1.82, 2.24) is 5.32 Å². The number of fused-ring (bicyclic) bond motifs is 1. The molecule has 0 unspecified atom stereocenters. The first-order chi connectivity index (χ1) is 12.8. The van der Waals surface area contributed by atoms with Gasteiger partial charge in [-0.1, -0.05) is 72.3 Å². The lowest BCUT2D eigenvalue weighted by atomic mass is 10.0. The molecule has 26 heavy (non-hydrogen) atoms. The number of benzene rings is 3. The van der Waals surface area contributed by atoms with Crippen LogP contribution in [0.3, 0.4) is 0 Å². The second-order valence-electron chi connectivity index (χ2n) is 6.62. The highest BCUT2D eigenvalue weighted by atomic mass is 35.5. The van der Waals surface area contributed by atoms with Crippen LogP contribution >= 0.6 is 23.4 Å². The van der Waals surface area contributed by atoms with Crippen LogP contribution in [0.4, 0.5) is 0 Å². The van der Waals surface area contributed by atoms with E-state index < -0.39 is 0 Å². The van der Waals surface area contributed by atoms with Gasteiger partial charge >= 0.3 is 0 Å². The maximum Gasteiger partial charge on any atom is 0.0544 e. The van der Waals surface area contributed by atoms with Crippen LogP contribution in [0.25, 0.3) is 11.1 Å². The van der Waals surface area contributed by atoms with Gasteiger partial charge in [-0.3, -0.25) is 0 Å². The molecule has 0 aromatic heterocycles. The van der Waals surface area contributed by atoms with E-state index in [4.69, 9.17) is 11.6 Å². The van der Waals surface area contributed by atoms with Crippen molar-refractivity contribution in [3.05, 3.63) is 88.4 Å². The minimum absolute atomic E-state index is 0.886. The first-order valence-corrected chi connectivity index (χ1v) is 10.5. The minimum Gasteiger partial charge on any atom is -0.316 e. The molecule has 1 nitrogen and oxygen atoms in total. The molecular formula is C23H22ClNS. The zero-order valence-electron chi connectivity index (χ0n) is 14.7. The van der Waals surface area contributed by atoms with Gasteiger partial charge in [-0.2, -0.15) is 0 Å². The van der Waals surface area contributed by atoms with E-state index >= 15 is 0 Å². The van der Waals surface area contributed by atoms with Crippen LogP contribution in [0.15, 0.2) is 71.6 Å². The minimum atomic E-state index is 0.886. The van der Waals surface area contributed by atoms with Crippen molar-refractivity contribution in [2.24, 2.45) is 0 Å². The molecule has 0 aliphatic carbocycles. The average molecular weight is 380 g/mol. The molecule has 4 rings (SSSR count). The Kier molecular flexibility index (Phi) is 5.64. The second-order valence-corrected chi connectivity index (χ2v) is 8.01. The van der Waals surface area contributed by atoms with E-state index in [1.807, 2.05) is 11.8 Å². The standard InChI is InChI=1S/C23H22ClNS/c24-22-11-10-20-12-14-25-15-13-21(20)23(22)26-16-17-6-8-19(9-7-17)18-4-2-1-3-5-18/h1-11,25H,12-16H2. The van der Waals surface area contributed by atoms with Crippen molar-refractivity contribution in [2.45, 2.75) is 23.5 Å². The molecular weight excluding hydrogens is 358 g/mol. The highest BCUT2D eigenvalue weighted by molar-refractivity contribution is 7.98. The predicted molar refractivity (Wildman–Crippen MR) is 113 cm³/mol. The summed E-state index contributed by atoms with van der Waals surface area (Å²) in [6, 6.07) is 23.7. The Morgan fingerprint density at radius 3 is 2.35 bits per heavy atom. The monoisotopic (exact) mass is 379 g/mol. The molecule has 1 heterocycles. The molecule has 0 spiro atoms. The molecule has 0 saturated heterocycles. The maximum absolute atomic E-state index is 6.54. The summed E-state index contributed by atoms with van der Waals surface area (Å²) in [5, 5.41) is 4.37. The lowest BCUT2D eigenvalue weighted by Gasteiger charge is -2.14. The Hall–Kier alpha value is -1.74. The van der Waals surface area contributed by atoms with Crippen LogP contribution in [0.1, 0.15) is 16.7 Å². The average Bonchev–Trinajstić information content (AvgIpc) is 2.94. The summed E-state index contributed by atoms with van der Waals surface area (Å²) >= 11 is 8.41. The van der Waals surface area contributed by atoms with E-state index in [-0.39, 0.29) is 0 Å². The molecule has 0 bridgehead atoms. The molecule has 1 aliphatic rings. The van der Waals surface area contributed by atoms with Gasteiger partial charge < -0.3 is 5.32 Å². The van der Waals surface area contributed by atoms with Crippen molar-refractivity contribution in [3.8, 4) is 11.1 Å². The van der Waals surface area contributed by atoms with E-state index in [0.717, 1.165) is 36.7 Å². The smallest absolute Gasteiger partial charge is 0.0544 e. The predicted octanol–water partition coefficient (Wildman–Crippen LogP) is 5.99. The van der Waals surface area contributed by atoms with Crippen LogP contribution in [0, 0.1) is 0 Å². The van der Waals surface area contributed by atoms with Crippen LogP contribution in [0.2, 0.25) is 5.02 Å². The number of hydrogen-bond donors (Lipinski definition) is 1. The number of hydrogen-bond acceptors (Lipinski definition) is 2. The molecule has 0 atom stereocenters. The van der Waals surface area contributed by atoms with Crippen LogP contribution in [-0.4, -0.2) is 13.1 Å². The van der Waals surface area contributed by atoms with Crippen molar-refractivity contribution in [1.29, 1.82) is 0 Å². The van der Waals surface area contributed by atoms with Crippen LogP contribution in [0.5, 0.6) is 0 Å². The van der Waals surface area contributed by atoms with Gasteiger partial charge in [0.2, 0.25) is 0 Å². The zero-order chi connectivity index (χ0) is 17.8. The number of nitrogens with one attached hydrogen (secondary N) is 1. The number of thioether (sulfide) groups is 1. The fraction of sp³-hybridized carbons (Fsp3) is 0.217. The Labute approximate surface area is 164 Å². The second kappa shape index (κ2) is 8.30. The topological polar surface area (TPSA) is 12.0 Å². The lowest BCUT2D eigenvalue weighted by molar-refractivity contribution is 0.709. The third-order valence-corrected chi connectivity index (χ3v) is 6.54. The van der Waals surface area contributed by atoms with E-state index in [1.165, 1.54) is 32.7 Å². The third kappa shape index (κ3) is 3.98. The van der Waals surface area contributed by atoms with Gasteiger partial charge in [0.05, 0.1) is 5.02 Å². The fourth-order valence-corrected chi connectivity index (χ4v) is 4.90. The van der Waals surface area contributed by atoms with Gasteiger partial charge in [-0.15, -0.1) is 11.8 Å². The zero-order valence-corrected chi connectivity index (χ0v) is 16.2. The SMILES string of the molecule is Clc1ccc2c(c1SCc1ccc(-c3ccccc3)cc1)CCNCC2. The van der Waals surface area contributed by atoms with Crippen LogP contribution in [-0.2, 0) is 18.6 Å². The summed E-state index contributed by atoms with van der Waals surface area (Å²) in [7, 11) is 0. The van der Waals surface area contributed by atoms with E-state index in [1.54, 1.807) is 0 Å². The third-order valence-electron chi connectivity index (χ3n) is 4.88. The molecule has 3 aromatic rings. The van der Waals surface area contributed by atoms with Crippen molar-refractivity contribution in [2.75, 3.05) is 13.1 Å². The largest absolute Gasteiger partial charge is 0.316 e. The molecule has 1 N–H and O–H groups in total. The summed E-state index contributed by atoms with van der Waals surface area (Å²) in [5.74, 6) is 0.943. The van der Waals surface area contributed by atoms with Gasteiger partial charge in [0.15, 0.2) is 0 Å². The molecule has 3 heteroatoms. The maximum atomic E-state index is 6.54. The Morgan fingerprint density at radius 2 is 1.54 bits per heavy atom. The van der Waals surface area contributed by atoms with Crippen molar-refractivity contribution >= 4 is 23.4 Å². The molecule has 0 saturated carbocycles. The molecule has 1 aliphatic heterocycles. The Balaban J connectivity index is 1.51. The van der Waals surface area contributed by atoms with Gasteiger partial charge in [-0.25, -0.2) is 0 Å².